The summed E-state index contributed by atoms with van der Waals surface area (Å²) in [5, 5.41) is 0. The molecule has 20 heavy (non-hydrogen) atoms. The highest BCUT2D eigenvalue weighted by molar-refractivity contribution is 7.98. The third-order valence-corrected chi connectivity index (χ3v) is 4.03. The van der Waals surface area contributed by atoms with E-state index in [4.69, 9.17) is 12.2 Å². The number of halogens is 2. The molecule has 0 saturated carbocycles. The van der Waals surface area contributed by atoms with Crippen LogP contribution in [0.15, 0.2) is 41.3 Å². The van der Waals surface area contributed by atoms with Gasteiger partial charge in [-0.15, -0.1) is 11.8 Å². The molecule has 1 aromatic heterocycles. The van der Waals surface area contributed by atoms with Crippen molar-refractivity contribution >= 4 is 35.0 Å². The second-order valence-corrected chi connectivity index (χ2v) is 5.52. The molecular weight excluding hydrogens is 298 g/mol. The summed E-state index contributed by atoms with van der Waals surface area (Å²) in [6.45, 7) is 0. The van der Waals surface area contributed by atoms with Crippen molar-refractivity contribution in [2.45, 2.75) is 4.90 Å². The summed E-state index contributed by atoms with van der Waals surface area (Å²) in [7, 11) is 0. The predicted octanol–water partition coefficient (Wildman–Crippen LogP) is 4.69. The largest absolute Gasteiger partial charge is 0.328 e. The van der Waals surface area contributed by atoms with Gasteiger partial charge in [-0.3, -0.25) is 4.57 Å². The molecule has 102 valence electrons. The topological polar surface area (TPSA) is 20.7 Å². The Morgan fingerprint density at radius 3 is 2.75 bits per heavy atom. The summed E-state index contributed by atoms with van der Waals surface area (Å²) < 4.78 is 29.2. The summed E-state index contributed by atoms with van der Waals surface area (Å²) in [5.41, 5.74) is 1.38. The van der Waals surface area contributed by atoms with E-state index in [0.29, 0.717) is 10.3 Å². The van der Waals surface area contributed by atoms with Crippen LogP contribution in [0.2, 0.25) is 0 Å². The van der Waals surface area contributed by atoms with Gasteiger partial charge in [-0.1, -0.05) is 6.07 Å². The summed E-state index contributed by atoms with van der Waals surface area (Å²) in [5.74, 6) is -1.27. The first kappa shape index (κ1) is 13.3. The molecule has 1 heterocycles. The Morgan fingerprint density at radius 1 is 1.20 bits per heavy atom. The molecule has 2 aromatic carbocycles. The number of aromatic nitrogens is 2. The Kier molecular flexibility index (Phi) is 3.35. The van der Waals surface area contributed by atoms with Gasteiger partial charge in [0.05, 0.1) is 5.52 Å². The summed E-state index contributed by atoms with van der Waals surface area (Å²) in [4.78, 5) is 3.84. The van der Waals surface area contributed by atoms with E-state index in [1.165, 1.54) is 6.07 Å². The van der Waals surface area contributed by atoms with Crippen molar-refractivity contribution in [3.05, 3.63) is 52.8 Å². The second-order valence-electron chi connectivity index (χ2n) is 4.25. The van der Waals surface area contributed by atoms with Crippen molar-refractivity contribution < 1.29 is 8.78 Å². The molecule has 0 aliphatic rings. The fourth-order valence-electron chi connectivity index (χ4n) is 2.14. The molecule has 0 aliphatic heterocycles. The number of imidazole rings is 1. The molecule has 1 N–H and O–H groups in total. The molecule has 0 aliphatic carbocycles. The molecule has 0 spiro atoms. The van der Waals surface area contributed by atoms with Crippen molar-refractivity contribution in [3.8, 4) is 5.69 Å². The molecule has 0 radical (unpaired) electrons. The van der Waals surface area contributed by atoms with E-state index in [-0.39, 0.29) is 5.52 Å². The molecule has 0 fully saturated rings. The first-order valence-corrected chi connectivity index (χ1v) is 7.47. The number of benzene rings is 2. The molecule has 0 amide bonds. The van der Waals surface area contributed by atoms with Crippen LogP contribution >= 0.6 is 24.0 Å². The van der Waals surface area contributed by atoms with Crippen molar-refractivity contribution in [2.75, 3.05) is 6.26 Å². The third kappa shape index (κ3) is 2.14. The number of H-pyrrole nitrogens is 1. The number of hydrogen-bond donors (Lipinski definition) is 1. The minimum absolute atomic E-state index is 0.214. The standard InChI is InChI=1S/C14H10F2N2S2/c1-20-10-4-2-3-9(7-10)18-12-6-8(15)5-11(16)13(12)17-14(18)19/h2-7H,1H3,(H,17,19). The van der Waals surface area contributed by atoms with Crippen LogP contribution in [0.5, 0.6) is 0 Å². The molecule has 3 aromatic rings. The van der Waals surface area contributed by atoms with E-state index in [0.717, 1.165) is 16.6 Å². The van der Waals surface area contributed by atoms with Gasteiger partial charge >= 0.3 is 0 Å². The quantitative estimate of drug-likeness (QED) is 0.548. The van der Waals surface area contributed by atoms with E-state index in [1.54, 1.807) is 16.3 Å². The maximum Gasteiger partial charge on any atom is 0.182 e. The molecule has 0 atom stereocenters. The van der Waals surface area contributed by atoms with Crippen molar-refractivity contribution in [1.82, 2.24) is 9.55 Å². The van der Waals surface area contributed by atoms with E-state index < -0.39 is 11.6 Å². The van der Waals surface area contributed by atoms with Crippen LogP contribution in [0.4, 0.5) is 8.78 Å². The van der Waals surface area contributed by atoms with E-state index in [9.17, 15) is 8.78 Å². The van der Waals surface area contributed by atoms with Gasteiger partial charge in [0.15, 0.2) is 10.6 Å². The van der Waals surface area contributed by atoms with E-state index in [2.05, 4.69) is 4.98 Å². The highest BCUT2D eigenvalue weighted by Gasteiger charge is 2.12. The third-order valence-electron chi connectivity index (χ3n) is 3.02. The number of nitrogens with zero attached hydrogens (tertiary/aromatic N) is 1. The molecule has 0 bridgehead atoms. The Balaban J connectivity index is 2.35. The second kappa shape index (κ2) is 5.03. The summed E-state index contributed by atoms with van der Waals surface area (Å²) in [6.07, 6.45) is 1.97. The maximum atomic E-state index is 13.8. The van der Waals surface area contributed by atoms with Gasteiger partial charge in [-0.25, -0.2) is 8.78 Å². The summed E-state index contributed by atoms with van der Waals surface area (Å²) >= 11 is 6.82. The monoisotopic (exact) mass is 308 g/mol. The van der Waals surface area contributed by atoms with Gasteiger partial charge in [0.1, 0.15) is 11.3 Å². The minimum atomic E-state index is -0.647. The molecular formula is C14H10F2N2S2. The molecule has 6 heteroatoms. The number of thioether (sulfide) groups is 1. The van der Waals surface area contributed by atoms with Gasteiger partial charge in [-0.2, -0.15) is 0 Å². The van der Waals surface area contributed by atoms with E-state index in [1.807, 2.05) is 30.5 Å². The Hall–Kier alpha value is -1.66. The van der Waals surface area contributed by atoms with Crippen molar-refractivity contribution in [2.24, 2.45) is 0 Å². The molecule has 2 nitrogen and oxygen atoms in total. The fourth-order valence-corrected chi connectivity index (χ4v) is 2.90. The molecule has 0 unspecified atom stereocenters. The SMILES string of the molecule is CSc1cccc(-n2c(=S)[nH]c3c(F)cc(F)cc32)c1. The highest BCUT2D eigenvalue weighted by atomic mass is 32.2. The van der Waals surface area contributed by atoms with Gasteiger partial charge in [0.2, 0.25) is 0 Å². The minimum Gasteiger partial charge on any atom is -0.328 e. The smallest absolute Gasteiger partial charge is 0.182 e. The average Bonchev–Trinajstić information content (AvgIpc) is 2.75. The van der Waals surface area contributed by atoms with Gasteiger partial charge in [0, 0.05) is 22.7 Å². The van der Waals surface area contributed by atoms with Crippen LogP contribution in [0.3, 0.4) is 0 Å². The van der Waals surface area contributed by atoms with Crippen LogP contribution in [0, 0.1) is 16.4 Å². The number of fused-ring (bicyclic) bond motifs is 1. The number of nitrogens with one attached hydrogen (secondary N) is 1. The number of aromatic amines is 1. The van der Waals surface area contributed by atoms with Gasteiger partial charge < -0.3 is 4.98 Å². The zero-order valence-corrected chi connectivity index (χ0v) is 12.1. The lowest BCUT2D eigenvalue weighted by Crippen LogP contribution is -1.94. The lowest BCUT2D eigenvalue weighted by atomic mass is 10.2. The zero-order chi connectivity index (χ0) is 14.3. The lowest BCUT2D eigenvalue weighted by Gasteiger charge is -2.06. The number of hydrogen-bond acceptors (Lipinski definition) is 2. The first-order valence-electron chi connectivity index (χ1n) is 5.84. The van der Waals surface area contributed by atoms with Crippen LogP contribution in [-0.4, -0.2) is 15.8 Å². The Morgan fingerprint density at radius 2 is 2.00 bits per heavy atom. The van der Waals surface area contributed by atoms with Gasteiger partial charge in [-0.05, 0) is 36.7 Å². The van der Waals surface area contributed by atoms with Crippen molar-refractivity contribution in [3.63, 3.8) is 0 Å². The molecule has 3 rings (SSSR count). The number of rotatable bonds is 2. The first-order chi connectivity index (χ1) is 9.60. The predicted molar refractivity (Wildman–Crippen MR) is 80.2 cm³/mol. The molecule has 0 saturated heterocycles. The zero-order valence-electron chi connectivity index (χ0n) is 10.5. The van der Waals surface area contributed by atoms with Crippen molar-refractivity contribution in [1.29, 1.82) is 0 Å². The van der Waals surface area contributed by atoms with Gasteiger partial charge in [0.25, 0.3) is 0 Å². The Labute approximate surface area is 123 Å². The summed E-state index contributed by atoms with van der Waals surface area (Å²) in [6, 6.07) is 9.75. The van der Waals surface area contributed by atoms with Crippen LogP contribution in [0.1, 0.15) is 0 Å². The van der Waals surface area contributed by atoms with E-state index >= 15 is 0 Å². The Bertz CT molecular complexity index is 852. The maximum absolute atomic E-state index is 13.8. The fraction of sp³-hybridized carbons (Fsp3) is 0.0714. The highest BCUT2D eigenvalue weighted by Crippen LogP contribution is 2.25. The lowest BCUT2D eigenvalue weighted by molar-refractivity contribution is 0.590. The van der Waals surface area contributed by atoms with Crippen LogP contribution in [0.25, 0.3) is 16.7 Å². The van der Waals surface area contributed by atoms with Crippen LogP contribution in [-0.2, 0) is 0 Å². The average molecular weight is 308 g/mol. The van der Waals surface area contributed by atoms with Crippen LogP contribution < -0.4 is 0 Å². The normalized spacial score (nSPS) is 11.2.